The molecule has 0 aromatic heterocycles. The first-order valence-corrected chi connectivity index (χ1v) is 6.29. The van der Waals surface area contributed by atoms with Crippen molar-refractivity contribution < 1.29 is 14.3 Å². The minimum atomic E-state index is -0.764. The van der Waals surface area contributed by atoms with Gasteiger partial charge in [-0.3, -0.25) is 4.79 Å². The van der Waals surface area contributed by atoms with Gasteiger partial charge in [0.15, 0.2) is 0 Å². The Balaban J connectivity index is 0.00000162. The zero-order valence-corrected chi connectivity index (χ0v) is 11.5. The molecular formula is C12H21ClN2O3. The molecule has 2 aliphatic rings. The van der Waals surface area contributed by atoms with Crippen LogP contribution >= 0.6 is 12.4 Å². The van der Waals surface area contributed by atoms with E-state index in [9.17, 15) is 9.59 Å². The van der Waals surface area contributed by atoms with Crippen LogP contribution in [-0.2, 0) is 14.3 Å². The number of hydrogen-bond acceptors (Lipinski definition) is 4. The second-order valence-corrected chi connectivity index (χ2v) is 4.98. The summed E-state index contributed by atoms with van der Waals surface area (Å²) in [5.41, 5.74) is -0.764. The zero-order chi connectivity index (χ0) is 12.3. The van der Waals surface area contributed by atoms with Gasteiger partial charge in [-0.15, -0.1) is 12.4 Å². The summed E-state index contributed by atoms with van der Waals surface area (Å²) in [5.74, 6) is -0.299. The number of hydrogen-bond donors (Lipinski definition) is 2. The maximum absolute atomic E-state index is 12.0. The Morgan fingerprint density at radius 1 is 1.22 bits per heavy atom. The number of carbonyl (C=O) groups excluding carboxylic acids is 2. The van der Waals surface area contributed by atoms with Crippen LogP contribution in [0, 0.1) is 5.92 Å². The lowest BCUT2D eigenvalue weighted by Crippen LogP contribution is -2.61. The van der Waals surface area contributed by atoms with Crippen molar-refractivity contribution in [2.24, 2.45) is 5.92 Å². The SMILES string of the molecule is COC(=O)C1(NC(=O)C2CNC2)CCCCC1.Cl. The van der Waals surface area contributed by atoms with E-state index in [0.717, 1.165) is 19.3 Å². The molecule has 1 saturated carbocycles. The molecule has 6 heteroatoms. The quantitative estimate of drug-likeness (QED) is 0.742. The summed E-state index contributed by atoms with van der Waals surface area (Å²) >= 11 is 0. The summed E-state index contributed by atoms with van der Waals surface area (Å²) in [6.07, 6.45) is 4.47. The van der Waals surface area contributed by atoms with Crippen molar-refractivity contribution >= 4 is 24.3 Å². The third-order valence-electron chi connectivity index (χ3n) is 3.80. The van der Waals surface area contributed by atoms with Gasteiger partial charge in [0.2, 0.25) is 5.91 Å². The van der Waals surface area contributed by atoms with Crippen LogP contribution in [0.2, 0.25) is 0 Å². The van der Waals surface area contributed by atoms with Gasteiger partial charge >= 0.3 is 5.97 Å². The Labute approximate surface area is 113 Å². The normalized spacial score (nSPS) is 22.3. The number of ether oxygens (including phenoxy) is 1. The van der Waals surface area contributed by atoms with E-state index in [2.05, 4.69) is 10.6 Å². The van der Waals surface area contributed by atoms with Gasteiger partial charge in [0.1, 0.15) is 5.54 Å². The maximum atomic E-state index is 12.0. The molecule has 5 nitrogen and oxygen atoms in total. The van der Waals surface area contributed by atoms with Gasteiger partial charge in [-0.05, 0) is 12.8 Å². The molecule has 1 aliphatic carbocycles. The molecule has 2 fully saturated rings. The number of esters is 1. The monoisotopic (exact) mass is 276 g/mol. The molecule has 0 spiro atoms. The van der Waals surface area contributed by atoms with E-state index in [-0.39, 0.29) is 30.2 Å². The molecule has 1 aliphatic heterocycles. The fourth-order valence-electron chi connectivity index (χ4n) is 2.54. The number of rotatable bonds is 3. The van der Waals surface area contributed by atoms with Crippen molar-refractivity contribution in [3.05, 3.63) is 0 Å². The van der Waals surface area contributed by atoms with Crippen LogP contribution in [0.15, 0.2) is 0 Å². The van der Waals surface area contributed by atoms with E-state index in [1.165, 1.54) is 7.11 Å². The Morgan fingerprint density at radius 2 is 1.83 bits per heavy atom. The smallest absolute Gasteiger partial charge is 0.331 e. The summed E-state index contributed by atoms with van der Waals surface area (Å²) in [7, 11) is 1.38. The van der Waals surface area contributed by atoms with E-state index >= 15 is 0 Å². The number of nitrogens with one attached hydrogen (secondary N) is 2. The van der Waals surface area contributed by atoms with Crippen LogP contribution in [-0.4, -0.2) is 37.6 Å². The summed E-state index contributed by atoms with van der Waals surface area (Å²) in [6, 6.07) is 0. The molecule has 18 heavy (non-hydrogen) atoms. The predicted octanol–water partition coefficient (Wildman–Crippen LogP) is 0.620. The molecule has 2 N–H and O–H groups in total. The number of methoxy groups -OCH3 is 1. The number of amides is 1. The van der Waals surface area contributed by atoms with E-state index in [0.29, 0.717) is 25.9 Å². The molecule has 0 aromatic carbocycles. The van der Waals surface area contributed by atoms with Gasteiger partial charge in [0.25, 0.3) is 0 Å². The largest absolute Gasteiger partial charge is 0.467 e. The predicted molar refractivity (Wildman–Crippen MR) is 69.6 cm³/mol. The minimum absolute atomic E-state index is 0. The fraction of sp³-hybridized carbons (Fsp3) is 0.833. The first kappa shape index (κ1) is 15.2. The number of carbonyl (C=O) groups is 2. The molecular weight excluding hydrogens is 256 g/mol. The molecule has 1 amide bonds. The van der Waals surface area contributed by atoms with E-state index < -0.39 is 5.54 Å². The van der Waals surface area contributed by atoms with Crippen molar-refractivity contribution in [1.82, 2.24) is 10.6 Å². The Morgan fingerprint density at radius 3 is 2.28 bits per heavy atom. The van der Waals surface area contributed by atoms with Crippen LogP contribution in [0.25, 0.3) is 0 Å². The lowest BCUT2D eigenvalue weighted by molar-refractivity contribution is -0.153. The van der Waals surface area contributed by atoms with Crippen molar-refractivity contribution in [2.45, 2.75) is 37.6 Å². The van der Waals surface area contributed by atoms with Crippen LogP contribution in [0.1, 0.15) is 32.1 Å². The molecule has 104 valence electrons. The van der Waals surface area contributed by atoms with Crippen molar-refractivity contribution in [3.8, 4) is 0 Å². The highest BCUT2D eigenvalue weighted by atomic mass is 35.5. The van der Waals surface area contributed by atoms with Crippen molar-refractivity contribution in [3.63, 3.8) is 0 Å². The average molecular weight is 277 g/mol. The van der Waals surface area contributed by atoms with E-state index in [4.69, 9.17) is 4.74 Å². The van der Waals surface area contributed by atoms with Crippen molar-refractivity contribution in [2.75, 3.05) is 20.2 Å². The first-order chi connectivity index (χ1) is 8.18. The van der Waals surface area contributed by atoms with Gasteiger partial charge in [0.05, 0.1) is 13.0 Å². The Hall–Kier alpha value is -0.810. The standard InChI is InChI=1S/C12H20N2O3.ClH/c1-17-11(16)12(5-3-2-4-6-12)14-10(15)9-7-13-8-9;/h9,13H,2-8H2,1H3,(H,14,15);1H. The third-order valence-corrected chi connectivity index (χ3v) is 3.80. The second kappa shape index (κ2) is 6.38. The highest BCUT2D eigenvalue weighted by Crippen LogP contribution is 2.29. The lowest BCUT2D eigenvalue weighted by Gasteiger charge is -2.37. The second-order valence-electron chi connectivity index (χ2n) is 4.98. The van der Waals surface area contributed by atoms with Crippen LogP contribution in [0.5, 0.6) is 0 Å². The summed E-state index contributed by atoms with van der Waals surface area (Å²) in [5, 5.41) is 5.99. The van der Waals surface area contributed by atoms with E-state index in [1.807, 2.05) is 0 Å². The van der Waals surface area contributed by atoms with Gasteiger partial charge in [0, 0.05) is 13.1 Å². The van der Waals surface area contributed by atoms with Crippen LogP contribution in [0.3, 0.4) is 0 Å². The third kappa shape index (κ3) is 2.95. The van der Waals surface area contributed by atoms with Gasteiger partial charge in [-0.25, -0.2) is 4.79 Å². The molecule has 2 rings (SSSR count). The number of halogens is 1. The Kier molecular flexibility index (Phi) is 5.41. The molecule has 0 aromatic rings. The summed E-state index contributed by atoms with van der Waals surface area (Å²) in [4.78, 5) is 23.9. The van der Waals surface area contributed by atoms with Crippen LogP contribution < -0.4 is 10.6 Å². The molecule has 1 heterocycles. The lowest BCUT2D eigenvalue weighted by atomic mass is 9.81. The van der Waals surface area contributed by atoms with Gasteiger partial charge in [-0.2, -0.15) is 0 Å². The summed E-state index contributed by atoms with van der Waals surface area (Å²) in [6.45, 7) is 1.42. The van der Waals surface area contributed by atoms with E-state index in [1.54, 1.807) is 0 Å². The highest BCUT2D eigenvalue weighted by Gasteiger charge is 2.43. The molecule has 1 saturated heterocycles. The minimum Gasteiger partial charge on any atom is -0.467 e. The molecule has 0 bridgehead atoms. The topological polar surface area (TPSA) is 67.4 Å². The van der Waals surface area contributed by atoms with Gasteiger partial charge < -0.3 is 15.4 Å². The van der Waals surface area contributed by atoms with Gasteiger partial charge in [-0.1, -0.05) is 19.3 Å². The first-order valence-electron chi connectivity index (χ1n) is 6.29. The average Bonchev–Trinajstić information content (AvgIpc) is 2.26. The molecule has 0 atom stereocenters. The zero-order valence-electron chi connectivity index (χ0n) is 10.7. The maximum Gasteiger partial charge on any atom is 0.331 e. The molecule has 0 radical (unpaired) electrons. The molecule has 0 unspecified atom stereocenters. The fourth-order valence-corrected chi connectivity index (χ4v) is 2.54. The highest BCUT2D eigenvalue weighted by molar-refractivity contribution is 5.89. The van der Waals surface area contributed by atoms with Crippen molar-refractivity contribution in [1.29, 1.82) is 0 Å². The Bertz CT molecular complexity index is 312. The summed E-state index contributed by atoms with van der Waals surface area (Å²) < 4.78 is 4.86. The van der Waals surface area contributed by atoms with Crippen LogP contribution in [0.4, 0.5) is 0 Å².